The Morgan fingerprint density at radius 1 is 1.09 bits per heavy atom. The number of ether oxygens (including phenoxy) is 2. The summed E-state index contributed by atoms with van der Waals surface area (Å²) in [6, 6.07) is 3.75. The van der Waals surface area contributed by atoms with Gasteiger partial charge in [0, 0.05) is 12.6 Å². The number of hydrogen-bond acceptors (Lipinski definition) is 4. The monoisotopic (exact) mass is 321 g/mol. The second-order valence-corrected chi connectivity index (χ2v) is 6.06. The van der Waals surface area contributed by atoms with Crippen LogP contribution >= 0.6 is 0 Å². The van der Waals surface area contributed by atoms with Gasteiger partial charge in [0.05, 0.1) is 6.61 Å². The van der Waals surface area contributed by atoms with Gasteiger partial charge < -0.3 is 14.8 Å². The molecule has 128 valence electrons. The highest BCUT2D eigenvalue weighted by atomic mass is 16.6. The SMILES string of the molecule is CCOC(=O)COc1cc(C(C)C)c(NC(C)=O)c(C(C)C)c1. The molecule has 0 aromatic heterocycles. The molecule has 0 aliphatic rings. The lowest BCUT2D eigenvalue weighted by Gasteiger charge is -2.21. The molecule has 5 heteroatoms. The number of rotatable bonds is 7. The van der Waals surface area contributed by atoms with Crippen molar-refractivity contribution in [3.8, 4) is 5.75 Å². The first kappa shape index (κ1) is 19.0. The molecule has 1 aromatic carbocycles. The molecular weight excluding hydrogens is 294 g/mol. The zero-order chi connectivity index (χ0) is 17.6. The van der Waals surface area contributed by atoms with Crippen LogP contribution in [0.2, 0.25) is 0 Å². The minimum atomic E-state index is -0.393. The van der Waals surface area contributed by atoms with Gasteiger partial charge in [0.2, 0.25) is 5.91 Å². The minimum absolute atomic E-state index is 0.103. The van der Waals surface area contributed by atoms with Crippen molar-refractivity contribution in [1.82, 2.24) is 0 Å². The summed E-state index contributed by atoms with van der Waals surface area (Å²) in [6.45, 7) is 11.7. The molecule has 0 aliphatic carbocycles. The minimum Gasteiger partial charge on any atom is -0.482 e. The molecule has 0 bridgehead atoms. The molecule has 0 spiro atoms. The Balaban J connectivity index is 3.19. The molecule has 23 heavy (non-hydrogen) atoms. The molecule has 1 aromatic rings. The molecule has 0 saturated heterocycles. The van der Waals surface area contributed by atoms with Gasteiger partial charge in [-0.05, 0) is 42.0 Å². The third-order valence-corrected chi connectivity index (χ3v) is 3.38. The van der Waals surface area contributed by atoms with Gasteiger partial charge in [-0.3, -0.25) is 4.79 Å². The predicted molar refractivity (Wildman–Crippen MR) is 91.1 cm³/mol. The summed E-state index contributed by atoms with van der Waals surface area (Å²) in [5.41, 5.74) is 2.82. The van der Waals surface area contributed by atoms with E-state index in [1.165, 1.54) is 6.92 Å². The summed E-state index contributed by atoms with van der Waals surface area (Å²) in [6.07, 6.45) is 0. The van der Waals surface area contributed by atoms with Gasteiger partial charge in [0.15, 0.2) is 6.61 Å². The van der Waals surface area contributed by atoms with Gasteiger partial charge >= 0.3 is 5.97 Å². The molecule has 1 N–H and O–H groups in total. The van der Waals surface area contributed by atoms with Crippen molar-refractivity contribution >= 4 is 17.6 Å². The number of anilines is 1. The standard InChI is InChI=1S/C18H27NO4/c1-7-22-17(21)10-23-14-8-15(11(2)3)18(19-13(6)20)16(9-14)12(4)5/h8-9,11-12H,7,10H2,1-6H3,(H,19,20). The van der Waals surface area contributed by atoms with Crippen molar-refractivity contribution in [1.29, 1.82) is 0 Å². The molecule has 0 saturated carbocycles. The highest BCUT2D eigenvalue weighted by Gasteiger charge is 2.18. The van der Waals surface area contributed by atoms with Gasteiger partial charge in [-0.15, -0.1) is 0 Å². The molecule has 0 heterocycles. The molecular formula is C18H27NO4. The van der Waals surface area contributed by atoms with Gasteiger partial charge in [-0.2, -0.15) is 0 Å². The van der Waals surface area contributed by atoms with Gasteiger partial charge in [-0.25, -0.2) is 4.79 Å². The van der Waals surface area contributed by atoms with E-state index in [9.17, 15) is 9.59 Å². The summed E-state index contributed by atoms with van der Waals surface area (Å²) in [4.78, 5) is 23.0. The normalized spacial score (nSPS) is 10.8. The van der Waals surface area contributed by atoms with E-state index in [2.05, 4.69) is 33.0 Å². The van der Waals surface area contributed by atoms with Crippen LogP contribution in [0.5, 0.6) is 5.75 Å². The largest absolute Gasteiger partial charge is 0.482 e. The maximum absolute atomic E-state index is 11.5. The maximum Gasteiger partial charge on any atom is 0.344 e. The van der Waals surface area contributed by atoms with Crippen LogP contribution in [0.4, 0.5) is 5.69 Å². The molecule has 5 nitrogen and oxygen atoms in total. The van der Waals surface area contributed by atoms with E-state index in [1.54, 1.807) is 6.92 Å². The van der Waals surface area contributed by atoms with Crippen molar-refractivity contribution < 1.29 is 19.1 Å². The van der Waals surface area contributed by atoms with Gasteiger partial charge in [0.1, 0.15) is 5.75 Å². The summed E-state index contributed by atoms with van der Waals surface area (Å²) < 4.78 is 10.4. The summed E-state index contributed by atoms with van der Waals surface area (Å²) in [5.74, 6) is 0.533. The molecule has 0 atom stereocenters. The highest BCUT2D eigenvalue weighted by Crippen LogP contribution is 2.36. The third-order valence-electron chi connectivity index (χ3n) is 3.38. The van der Waals surface area contributed by atoms with Crippen molar-refractivity contribution in [3.63, 3.8) is 0 Å². The maximum atomic E-state index is 11.5. The predicted octanol–water partition coefficient (Wildman–Crippen LogP) is 3.83. The molecule has 0 fully saturated rings. The van der Waals surface area contributed by atoms with E-state index in [4.69, 9.17) is 9.47 Å². The van der Waals surface area contributed by atoms with E-state index in [1.807, 2.05) is 12.1 Å². The zero-order valence-electron chi connectivity index (χ0n) is 14.9. The highest BCUT2D eigenvalue weighted by molar-refractivity contribution is 5.91. The fourth-order valence-corrected chi connectivity index (χ4v) is 2.32. The number of carbonyl (C=O) groups excluding carboxylic acids is 2. The fourth-order valence-electron chi connectivity index (χ4n) is 2.32. The van der Waals surface area contributed by atoms with Gasteiger partial charge in [0.25, 0.3) is 0 Å². The Hall–Kier alpha value is -2.04. The summed E-state index contributed by atoms with van der Waals surface area (Å²) in [5, 5.41) is 2.93. The molecule has 0 unspecified atom stereocenters. The first-order valence-corrected chi connectivity index (χ1v) is 8.00. The van der Waals surface area contributed by atoms with E-state index in [0.717, 1.165) is 16.8 Å². The summed E-state index contributed by atoms with van der Waals surface area (Å²) >= 11 is 0. The topological polar surface area (TPSA) is 64.6 Å². The summed E-state index contributed by atoms with van der Waals surface area (Å²) in [7, 11) is 0. The molecule has 0 radical (unpaired) electrons. The number of hydrogen-bond donors (Lipinski definition) is 1. The Morgan fingerprint density at radius 2 is 1.61 bits per heavy atom. The Kier molecular flexibility index (Phi) is 7.07. The molecule has 1 rings (SSSR count). The number of amides is 1. The fraction of sp³-hybridized carbons (Fsp3) is 0.556. The number of nitrogens with one attached hydrogen (secondary N) is 1. The Labute approximate surface area is 138 Å². The first-order chi connectivity index (χ1) is 10.8. The van der Waals surface area contributed by atoms with Crippen molar-refractivity contribution in [2.45, 2.75) is 53.4 Å². The van der Waals surface area contributed by atoms with E-state index < -0.39 is 5.97 Å². The quantitative estimate of drug-likeness (QED) is 0.775. The lowest BCUT2D eigenvalue weighted by Crippen LogP contribution is -2.16. The zero-order valence-corrected chi connectivity index (χ0v) is 14.9. The van der Waals surface area contributed by atoms with E-state index in [0.29, 0.717) is 12.4 Å². The Bertz CT molecular complexity index is 535. The third kappa shape index (κ3) is 5.58. The second kappa shape index (κ2) is 8.56. The van der Waals surface area contributed by atoms with Gasteiger partial charge in [-0.1, -0.05) is 27.7 Å². The molecule has 1 amide bonds. The smallest absolute Gasteiger partial charge is 0.344 e. The molecule has 0 aliphatic heterocycles. The van der Waals surface area contributed by atoms with Crippen LogP contribution in [0, 0.1) is 0 Å². The number of benzene rings is 1. The van der Waals surface area contributed by atoms with Crippen molar-refractivity contribution in [3.05, 3.63) is 23.3 Å². The van der Waals surface area contributed by atoms with Crippen LogP contribution in [0.15, 0.2) is 12.1 Å². The lowest BCUT2D eigenvalue weighted by atomic mass is 9.92. The van der Waals surface area contributed by atoms with Crippen LogP contribution < -0.4 is 10.1 Å². The Morgan fingerprint density at radius 3 is 2.00 bits per heavy atom. The van der Waals surface area contributed by atoms with E-state index in [-0.39, 0.29) is 24.3 Å². The van der Waals surface area contributed by atoms with Crippen molar-refractivity contribution in [2.75, 3.05) is 18.5 Å². The average molecular weight is 321 g/mol. The van der Waals surface area contributed by atoms with Crippen LogP contribution in [-0.4, -0.2) is 25.1 Å². The lowest BCUT2D eigenvalue weighted by molar-refractivity contribution is -0.145. The first-order valence-electron chi connectivity index (χ1n) is 8.00. The van der Waals surface area contributed by atoms with E-state index >= 15 is 0 Å². The average Bonchev–Trinajstić information content (AvgIpc) is 2.45. The second-order valence-electron chi connectivity index (χ2n) is 6.06. The van der Waals surface area contributed by atoms with Crippen LogP contribution in [-0.2, 0) is 14.3 Å². The van der Waals surface area contributed by atoms with Crippen molar-refractivity contribution in [2.24, 2.45) is 0 Å². The van der Waals surface area contributed by atoms with Crippen LogP contribution in [0.1, 0.15) is 64.5 Å². The van der Waals surface area contributed by atoms with Crippen LogP contribution in [0.3, 0.4) is 0 Å². The van der Waals surface area contributed by atoms with Crippen LogP contribution in [0.25, 0.3) is 0 Å². The number of esters is 1. The number of carbonyl (C=O) groups is 2.